The number of benzene rings is 2. The first-order valence-electron chi connectivity index (χ1n) is 14.1. The number of para-hydroxylation sites is 2. The van der Waals surface area contributed by atoms with Gasteiger partial charge in [0.1, 0.15) is 6.10 Å². The lowest BCUT2D eigenvalue weighted by molar-refractivity contribution is -0.190. The van der Waals surface area contributed by atoms with Crippen molar-refractivity contribution in [1.82, 2.24) is 0 Å². The fourth-order valence-corrected chi connectivity index (χ4v) is 8.21. The molecule has 7 nitrogen and oxygen atoms in total. The topological polar surface area (TPSA) is 116 Å². The Morgan fingerprint density at radius 2 is 1.77 bits per heavy atom. The van der Waals surface area contributed by atoms with Gasteiger partial charge in [-0.25, -0.2) is 4.79 Å². The number of ketones is 1. The summed E-state index contributed by atoms with van der Waals surface area (Å²) in [5.74, 6) is -1.40. The van der Waals surface area contributed by atoms with Crippen LogP contribution >= 0.6 is 0 Å². The fourth-order valence-electron chi connectivity index (χ4n) is 8.21. The number of fused-ring (bicyclic) bond motifs is 3. The molecule has 6 rings (SSSR count). The van der Waals surface area contributed by atoms with Gasteiger partial charge in [-0.2, -0.15) is 0 Å². The van der Waals surface area contributed by atoms with E-state index in [4.69, 9.17) is 4.74 Å². The van der Waals surface area contributed by atoms with E-state index in [0.717, 1.165) is 5.69 Å². The number of hydrogen-bond acceptors (Lipinski definition) is 7. The highest BCUT2D eigenvalue weighted by atomic mass is 16.6. The minimum Gasteiger partial charge on any atom is -0.451 e. The van der Waals surface area contributed by atoms with Crippen LogP contribution in [-0.2, 0) is 9.53 Å². The normalized spacial score (nSPS) is 37.2. The monoisotopic (exact) mass is 543 g/mol. The van der Waals surface area contributed by atoms with Crippen molar-refractivity contribution in [3.05, 3.63) is 83.5 Å². The molecule has 8 atom stereocenters. The van der Waals surface area contributed by atoms with Gasteiger partial charge in [-0.3, -0.25) is 4.79 Å². The molecule has 1 unspecified atom stereocenters. The predicted molar refractivity (Wildman–Crippen MR) is 151 cm³/mol. The second kappa shape index (κ2) is 9.13. The third-order valence-corrected chi connectivity index (χ3v) is 10.3. The van der Waals surface area contributed by atoms with E-state index >= 15 is 0 Å². The summed E-state index contributed by atoms with van der Waals surface area (Å²) < 4.78 is 6.06. The van der Waals surface area contributed by atoms with Gasteiger partial charge in [0.2, 0.25) is 0 Å². The lowest BCUT2D eigenvalue weighted by Gasteiger charge is -2.48. The first kappa shape index (κ1) is 26.9. The SMILES string of the molecule is CC1=C[C@]23C(=O)C(C=C(CO)[C@@H](O)[C@]2(O)[C@H]1OC(=O)c1ccccc1Nc1ccccc1)[C@H]1[C@@H](C[C@H]3C)C1(C)C. The number of aliphatic hydroxyl groups is 3. The molecule has 7 heteroatoms. The zero-order chi connectivity index (χ0) is 28.6. The van der Waals surface area contributed by atoms with Crippen molar-refractivity contribution in [3.8, 4) is 0 Å². The Morgan fingerprint density at radius 3 is 2.48 bits per heavy atom. The number of anilines is 2. The molecule has 1 spiro atoms. The molecule has 210 valence electrons. The summed E-state index contributed by atoms with van der Waals surface area (Å²) in [6.07, 6.45) is 1.23. The van der Waals surface area contributed by atoms with Crippen molar-refractivity contribution in [2.45, 2.75) is 51.9 Å². The van der Waals surface area contributed by atoms with Gasteiger partial charge in [0.25, 0.3) is 0 Å². The van der Waals surface area contributed by atoms with Crippen LogP contribution in [0.25, 0.3) is 0 Å². The fraction of sp³-hybridized carbons (Fsp3) is 0.455. The average Bonchev–Trinajstić information content (AvgIpc) is 3.43. The van der Waals surface area contributed by atoms with Gasteiger partial charge in [-0.05, 0) is 71.9 Å². The van der Waals surface area contributed by atoms with Crippen LogP contribution in [0.15, 0.2) is 77.9 Å². The number of carbonyl (C=O) groups is 2. The maximum absolute atomic E-state index is 14.5. The van der Waals surface area contributed by atoms with E-state index in [1.54, 1.807) is 43.3 Å². The largest absolute Gasteiger partial charge is 0.451 e. The number of carbonyl (C=O) groups excluding carboxylic acids is 2. The van der Waals surface area contributed by atoms with Crippen molar-refractivity contribution < 1.29 is 29.6 Å². The van der Waals surface area contributed by atoms with E-state index in [0.29, 0.717) is 17.7 Å². The smallest absolute Gasteiger partial charge is 0.340 e. The Hall–Kier alpha value is -3.26. The molecule has 4 N–H and O–H groups in total. The number of Topliss-reactive ketones (excluding diaryl/α,β-unsaturated/α-hetero) is 1. The Kier molecular flexibility index (Phi) is 6.15. The number of esters is 1. The summed E-state index contributed by atoms with van der Waals surface area (Å²) in [5, 5.41) is 37.9. The number of aliphatic hydroxyl groups excluding tert-OH is 2. The standard InChI is InChI=1S/C33H37NO6/c1-18-16-32-19(2)14-24-26(31(24,3)4)23(28(32)37)15-20(17-35)27(36)33(32,39)29(18)40-30(38)22-12-8-9-13-25(22)34-21-10-6-5-7-11-21/h5-13,15-16,19,23-24,26-27,29,34-36,39H,14,17H2,1-4H3/t19-,23?,24-,26+,27-,29+,32+,33+/m1/s1. The van der Waals surface area contributed by atoms with Crippen LogP contribution < -0.4 is 5.32 Å². The molecule has 2 aromatic rings. The van der Waals surface area contributed by atoms with Gasteiger partial charge in [-0.15, -0.1) is 0 Å². The van der Waals surface area contributed by atoms with E-state index in [9.17, 15) is 24.9 Å². The molecule has 40 heavy (non-hydrogen) atoms. The predicted octanol–water partition coefficient (Wildman–Crippen LogP) is 4.42. The lowest BCUT2D eigenvalue weighted by Crippen LogP contribution is -2.65. The molecular formula is C33H37NO6. The number of hydrogen-bond donors (Lipinski definition) is 4. The maximum Gasteiger partial charge on any atom is 0.340 e. The molecule has 4 aliphatic carbocycles. The first-order chi connectivity index (χ1) is 19.0. The van der Waals surface area contributed by atoms with E-state index in [1.165, 1.54) is 0 Å². The van der Waals surface area contributed by atoms with E-state index in [-0.39, 0.29) is 40.1 Å². The molecular weight excluding hydrogens is 506 g/mol. The van der Waals surface area contributed by atoms with Crippen LogP contribution in [0.2, 0.25) is 0 Å². The summed E-state index contributed by atoms with van der Waals surface area (Å²) in [7, 11) is 0. The van der Waals surface area contributed by atoms with Crippen molar-refractivity contribution in [1.29, 1.82) is 0 Å². The van der Waals surface area contributed by atoms with Crippen LogP contribution in [0.3, 0.4) is 0 Å². The van der Waals surface area contributed by atoms with Crippen molar-refractivity contribution in [2.75, 3.05) is 11.9 Å². The van der Waals surface area contributed by atoms with Crippen molar-refractivity contribution in [2.24, 2.45) is 34.5 Å². The third-order valence-electron chi connectivity index (χ3n) is 10.3. The maximum atomic E-state index is 14.5. The lowest BCUT2D eigenvalue weighted by atomic mass is 9.59. The highest BCUT2D eigenvalue weighted by molar-refractivity contribution is 5.98. The molecule has 0 amide bonds. The molecule has 4 aliphatic rings. The highest BCUT2D eigenvalue weighted by Gasteiger charge is 2.76. The zero-order valence-corrected chi connectivity index (χ0v) is 23.3. The van der Waals surface area contributed by atoms with Crippen molar-refractivity contribution >= 4 is 23.1 Å². The van der Waals surface area contributed by atoms with Crippen LogP contribution in [-0.4, -0.2) is 51.5 Å². The zero-order valence-electron chi connectivity index (χ0n) is 23.3. The quantitative estimate of drug-likeness (QED) is 0.326. The van der Waals surface area contributed by atoms with Crippen LogP contribution in [0, 0.1) is 34.5 Å². The van der Waals surface area contributed by atoms with Gasteiger partial charge in [0, 0.05) is 11.6 Å². The third kappa shape index (κ3) is 3.54. The van der Waals surface area contributed by atoms with Crippen LogP contribution in [0.4, 0.5) is 11.4 Å². The molecule has 2 bridgehead atoms. The summed E-state index contributed by atoms with van der Waals surface area (Å²) in [6.45, 7) is 7.47. The molecule has 0 radical (unpaired) electrons. The average molecular weight is 544 g/mol. The van der Waals surface area contributed by atoms with E-state index in [1.807, 2.05) is 37.3 Å². The Labute approximate surface area is 234 Å². The Morgan fingerprint density at radius 1 is 1.10 bits per heavy atom. The van der Waals surface area contributed by atoms with E-state index < -0.39 is 41.7 Å². The second-order valence-electron chi connectivity index (χ2n) is 12.7. The van der Waals surface area contributed by atoms with Crippen LogP contribution in [0.5, 0.6) is 0 Å². The molecule has 0 aliphatic heterocycles. The number of rotatable bonds is 5. The van der Waals surface area contributed by atoms with Gasteiger partial charge in [0.05, 0.1) is 23.3 Å². The number of nitrogens with one attached hydrogen (secondary N) is 1. The Bertz CT molecular complexity index is 1430. The molecule has 0 aromatic heterocycles. The highest BCUT2D eigenvalue weighted by Crippen LogP contribution is 2.71. The summed E-state index contributed by atoms with van der Waals surface area (Å²) in [5.41, 5.74) is -1.42. The molecule has 0 saturated heterocycles. The Balaban J connectivity index is 1.40. The number of ether oxygens (including phenoxy) is 1. The summed E-state index contributed by atoms with van der Waals surface area (Å²) in [4.78, 5) is 28.2. The molecule has 2 saturated carbocycles. The molecule has 2 aromatic carbocycles. The van der Waals surface area contributed by atoms with Gasteiger partial charge in [-0.1, -0.05) is 63.3 Å². The molecule has 2 fully saturated rings. The van der Waals surface area contributed by atoms with Crippen molar-refractivity contribution in [3.63, 3.8) is 0 Å². The minimum atomic E-state index is -2.17. The number of allylic oxidation sites excluding steroid dienone is 1. The van der Waals surface area contributed by atoms with Gasteiger partial charge < -0.3 is 25.4 Å². The van der Waals surface area contributed by atoms with E-state index in [2.05, 4.69) is 19.2 Å². The minimum absolute atomic E-state index is 0.0562. The van der Waals surface area contributed by atoms with Gasteiger partial charge >= 0.3 is 5.97 Å². The first-order valence-corrected chi connectivity index (χ1v) is 14.1. The van der Waals surface area contributed by atoms with Gasteiger partial charge in [0.15, 0.2) is 17.5 Å². The summed E-state index contributed by atoms with van der Waals surface area (Å²) in [6, 6.07) is 16.3. The molecule has 0 heterocycles. The summed E-state index contributed by atoms with van der Waals surface area (Å²) >= 11 is 0. The second-order valence-corrected chi connectivity index (χ2v) is 12.7. The van der Waals surface area contributed by atoms with Crippen LogP contribution in [0.1, 0.15) is 44.5 Å².